The van der Waals surface area contributed by atoms with Crippen LogP contribution < -0.4 is 0 Å². The number of alkyl halides is 2. The molecule has 3 heteroatoms. The first-order valence-corrected chi connectivity index (χ1v) is 17.8. The molecule has 0 aromatic rings. The van der Waals surface area contributed by atoms with Crippen LogP contribution in [0, 0.1) is 34.5 Å². The molecular weight excluding hydrogens is 531 g/mol. The van der Waals surface area contributed by atoms with Gasteiger partial charge >= 0.3 is 204 Å². The summed E-state index contributed by atoms with van der Waals surface area (Å²) in [5, 5.41) is 0. The van der Waals surface area contributed by atoms with Crippen molar-refractivity contribution in [3.05, 3.63) is 21.8 Å². The molecule has 2 fully saturated rings. The molecule has 0 spiro atoms. The van der Waals surface area contributed by atoms with Crippen LogP contribution in [0.15, 0.2) is 21.8 Å². The van der Waals surface area contributed by atoms with Crippen LogP contribution in [0.25, 0.3) is 0 Å². The van der Waals surface area contributed by atoms with Gasteiger partial charge in [0.25, 0.3) is 0 Å². The van der Waals surface area contributed by atoms with Crippen molar-refractivity contribution in [1.82, 2.24) is 0 Å². The van der Waals surface area contributed by atoms with E-state index in [-0.39, 0.29) is 20.5 Å². The first-order chi connectivity index (χ1) is 16.0. The van der Waals surface area contributed by atoms with Gasteiger partial charge in [-0.15, -0.1) is 0 Å². The SMILES string of the molecule is CC.CCCCCC(C)(C)CC1CCC[C@]2(C)C1C(=O)C=C1C3C=CC(=O)C(C)(C)[C@@H]3CCI12. The molecule has 1 saturated carbocycles. The number of halogens is 1. The van der Waals surface area contributed by atoms with Gasteiger partial charge in [0.1, 0.15) is 0 Å². The second-order valence-corrected chi connectivity index (χ2v) is 19.4. The third-order valence-electron chi connectivity index (χ3n) is 9.38. The van der Waals surface area contributed by atoms with E-state index >= 15 is 0 Å². The first kappa shape index (κ1) is 28.1. The van der Waals surface area contributed by atoms with Gasteiger partial charge in [-0.05, 0) is 0 Å². The molecule has 194 valence electrons. The number of carbonyl (C=O) groups excluding carboxylic acids is 2. The molecule has 0 aromatic heterocycles. The summed E-state index contributed by atoms with van der Waals surface area (Å²) in [5.41, 5.74) is 0.0426. The summed E-state index contributed by atoms with van der Waals surface area (Å²) in [5.74, 6) is 2.25. The van der Waals surface area contributed by atoms with Crippen LogP contribution in [0.5, 0.6) is 0 Å². The van der Waals surface area contributed by atoms with E-state index in [1.54, 1.807) is 0 Å². The molecule has 2 aliphatic heterocycles. The Labute approximate surface area is 217 Å². The molecule has 4 aliphatic rings. The molecule has 0 bridgehead atoms. The number of unbranched alkanes of at least 4 members (excludes halogenated alkanes) is 2. The molecular formula is C31H51IO2. The first-order valence-electron chi connectivity index (χ1n) is 14.2. The summed E-state index contributed by atoms with van der Waals surface area (Å²) in [4.78, 5) is 26.4. The molecule has 2 heterocycles. The molecule has 4 rings (SSSR count). The van der Waals surface area contributed by atoms with Crippen molar-refractivity contribution in [3.63, 3.8) is 0 Å². The fraction of sp³-hybridized carbons (Fsp3) is 0.806. The van der Waals surface area contributed by atoms with E-state index in [1.165, 1.54) is 65.8 Å². The second-order valence-electron chi connectivity index (χ2n) is 12.6. The second kappa shape index (κ2) is 10.9. The van der Waals surface area contributed by atoms with Crippen molar-refractivity contribution in [2.75, 3.05) is 4.43 Å². The van der Waals surface area contributed by atoms with Gasteiger partial charge in [-0.2, -0.15) is 0 Å². The van der Waals surface area contributed by atoms with Gasteiger partial charge < -0.3 is 0 Å². The maximum absolute atomic E-state index is 13.8. The van der Waals surface area contributed by atoms with E-state index in [0.717, 1.165) is 0 Å². The number of allylic oxidation sites excluding steroid dienone is 4. The van der Waals surface area contributed by atoms with Gasteiger partial charge in [-0.3, -0.25) is 0 Å². The predicted molar refractivity (Wildman–Crippen MR) is 155 cm³/mol. The zero-order valence-corrected chi connectivity index (χ0v) is 25.5. The van der Waals surface area contributed by atoms with E-state index in [4.69, 9.17) is 0 Å². The van der Waals surface area contributed by atoms with Gasteiger partial charge in [0.05, 0.1) is 0 Å². The maximum atomic E-state index is 13.8. The van der Waals surface area contributed by atoms with Gasteiger partial charge in [0, 0.05) is 0 Å². The van der Waals surface area contributed by atoms with Gasteiger partial charge in [0.2, 0.25) is 0 Å². The fourth-order valence-electron chi connectivity index (χ4n) is 7.53. The van der Waals surface area contributed by atoms with Crippen molar-refractivity contribution in [2.45, 2.75) is 117 Å². The van der Waals surface area contributed by atoms with E-state index in [1.807, 2.05) is 19.9 Å². The predicted octanol–water partition coefficient (Wildman–Crippen LogP) is 8.96. The van der Waals surface area contributed by atoms with Crippen molar-refractivity contribution >= 4 is 31.4 Å². The average Bonchev–Trinajstić information content (AvgIpc) is 2.77. The van der Waals surface area contributed by atoms with E-state index in [9.17, 15) is 9.59 Å². The van der Waals surface area contributed by atoms with Gasteiger partial charge in [-0.1, -0.05) is 13.8 Å². The minimum atomic E-state index is -1.48. The van der Waals surface area contributed by atoms with Crippen molar-refractivity contribution in [1.29, 1.82) is 0 Å². The Balaban J connectivity index is 0.00000158. The molecule has 2 nitrogen and oxygen atoms in total. The summed E-state index contributed by atoms with van der Waals surface area (Å²) >= 11 is -1.48. The van der Waals surface area contributed by atoms with Crippen LogP contribution in [0.3, 0.4) is 0 Å². The zero-order chi connectivity index (χ0) is 25.3. The van der Waals surface area contributed by atoms with E-state index < -0.39 is 19.8 Å². The summed E-state index contributed by atoms with van der Waals surface area (Å²) < 4.78 is 3.07. The topological polar surface area (TPSA) is 34.1 Å². The van der Waals surface area contributed by atoms with Gasteiger partial charge in [0.15, 0.2) is 0 Å². The van der Waals surface area contributed by atoms with Crippen LogP contribution in [-0.2, 0) is 9.59 Å². The summed E-state index contributed by atoms with van der Waals surface area (Å²) in [6.07, 6.45) is 17.6. The normalized spacial score (nSPS) is 35.4. The van der Waals surface area contributed by atoms with Crippen LogP contribution in [0.4, 0.5) is 0 Å². The van der Waals surface area contributed by atoms with Crippen LogP contribution in [-0.4, -0.2) is 19.4 Å². The summed E-state index contributed by atoms with van der Waals surface area (Å²) in [6.45, 7) is 18.0. The molecule has 0 aromatic carbocycles. The molecule has 2 aliphatic carbocycles. The van der Waals surface area contributed by atoms with Crippen LogP contribution >= 0.6 is 19.8 Å². The molecule has 5 atom stereocenters. The average molecular weight is 583 g/mol. The zero-order valence-electron chi connectivity index (χ0n) is 23.3. The Morgan fingerprint density at radius 3 is 2.47 bits per heavy atom. The Hall–Kier alpha value is -0.450. The molecule has 34 heavy (non-hydrogen) atoms. The van der Waals surface area contributed by atoms with Crippen molar-refractivity contribution in [3.8, 4) is 0 Å². The Kier molecular flexibility index (Phi) is 9.01. The fourth-order valence-corrected chi connectivity index (χ4v) is 17.0. The standard InChI is InChI=1S/C29H45IO2.C2H6/c1-7-8-9-15-27(2,3)19-20-11-10-16-29(6)26(20)24(31)18-23-21-12-13-25(32)28(4,5)22(21)14-17-30(23)29;1-2/h12-13,18,20-22,26H,7-11,14-17,19H2,1-6H3;1-2H3/t20?,21?,22-,26?,29-;/m1./s1. The summed E-state index contributed by atoms with van der Waals surface area (Å²) in [7, 11) is 0. The number of hydrogen-bond donors (Lipinski definition) is 0. The van der Waals surface area contributed by atoms with Crippen LogP contribution in [0.2, 0.25) is 0 Å². The van der Waals surface area contributed by atoms with E-state index in [0.29, 0.717) is 29.0 Å². The Morgan fingerprint density at radius 1 is 1.09 bits per heavy atom. The molecule has 0 amide bonds. The number of fused-ring (bicyclic) bond motifs is 5. The Bertz CT molecular complexity index is 819. The Morgan fingerprint density at radius 2 is 1.79 bits per heavy atom. The number of rotatable bonds is 6. The quantitative estimate of drug-likeness (QED) is 0.178. The molecule has 0 N–H and O–H groups in total. The van der Waals surface area contributed by atoms with Gasteiger partial charge in [-0.25, -0.2) is 0 Å². The number of carbonyl (C=O) groups is 2. The summed E-state index contributed by atoms with van der Waals surface area (Å²) in [6, 6.07) is 0. The molecule has 1 saturated heterocycles. The monoisotopic (exact) mass is 582 g/mol. The minimum absolute atomic E-state index is 0.248. The third-order valence-corrected chi connectivity index (χ3v) is 17.8. The number of ketones is 2. The van der Waals surface area contributed by atoms with E-state index in [2.05, 4.69) is 53.7 Å². The number of hydrogen-bond acceptors (Lipinski definition) is 2. The van der Waals surface area contributed by atoms with Crippen molar-refractivity contribution < 1.29 is 9.59 Å². The van der Waals surface area contributed by atoms with Crippen molar-refractivity contribution in [2.24, 2.45) is 34.5 Å². The molecule has 0 radical (unpaired) electrons. The van der Waals surface area contributed by atoms with Crippen LogP contribution in [0.1, 0.15) is 113 Å². The molecule has 3 unspecified atom stereocenters. The third kappa shape index (κ3) is 5.16.